The first-order valence-corrected chi connectivity index (χ1v) is 11.8. The van der Waals surface area contributed by atoms with E-state index in [2.05, 4.69) is 15.2 Å². The van der Waals surface area contributed by atoms with Crippen LogP contribution < -0.4 is 15.0 Å². The van der Waals surface area contributed by atoms with Crippen LogP contribution in [0.4, 0.5) is 5.69 Å². The summed E-state index contributed by atoms with van der Waals surface area (Å²) in [6.07, 6.45) is 5.66. The maximum atomic E-state index is 11.1. The third-order valence-corrected chi connectivity index (χ3v) is 5.90. The maximum absolute atomic E-state index is 11.1. The Balaban J connectivity index is 2.01. The van der Waals surface area contributed by atoms with Crippen LogP contribution in [-0.4, -0.2) is 73.4 Å². The lowest BCUT2D eigenvalue weighted by Gasteiger charge is -2.28. The first-order valence-electron chi connectivity index (χ1n) is 11.8. The zero-order chi connectivity index (χ0) is 25.2. The van der Waals surface area contributed by atoms with Gasteiger partial charge in [-0.05, 0) is 49.8 Å². The van der Waals surface area contributed by atoms with Crippen molar-refractivity contribution < 1.29 is 14.6 Å². The van der Waals surface area contributed by atoms with Crippen LogP contribution in [0.2, 0.25) is 0 Å². The summed E-state index contributed by atoms with van der Waals surface area (Å²) in [5.41, 5.74) is 3.82. The molecule has 1 aliphatic rings. The molecule has 1 aromatic carbocycles. The molecule has 0 amide bonds. The largest absolute Gasteiger partial charge is 0.512 e. The quantitative estimate of drug-likeness (QED) is 0.197. The summed E-state index contributed by atoms with van der Waals surface area (Å²) in [6.45, 7) is 8.93. The number of aldehydes is 1. The van der Waals surface area contributed by atoms with Gasteiger partial charge < -0.3 is 25.5 Å². The molecule has 1 saturated heterocycles. The molecule has 2 aromatic rings. The average molecular weight is 478 g/mol. The molecular weight excluding hydrogens is 442 g/mol. The smallest absolute Gasteiger partial charge is 0.142 e. The van der Waals surface area contributed by atoms with E-state index in [0.717, 1.165) is 56.0 Å². The van der Waals surface area contributed by atoms with Crippen molar-refractivity contribution in [3.05, 3.63) is 65.2 Å². The minimum Gasteiger partial charge on any atom is -0.512 e. The fourth-order valence-electron chi connectivity index (χ4n) is 4.22. The Labute approximate surface area is 207 Å². The van der Waals surface area contributed by atoms with Crippen molar-refractivity contribution in [2.24, 2.45) is 0 Å². The number of hydrogen-bond donors (Lipinski definition) is 3. The molecular formula is C27H35N5O3. The van der Waals surface area contributed by atoms with Gasteiger partial charge in [-0.2, -0.15) is 0 Å². The number of nitrogens with zero attached hydrogens (tertiary/aromatic N) is 3. The molecule has 1 aromatic heterocycles. The van der Waals surface area contributed by atoms with Gasteiger partial charge in [-0.3, -0.25) is 14.7 Å². The highest BCUT2D eigenvalue weighted by molar-refractivity contribution is 6.22. The molecule has 2 heterocycles. The number of carbonyl (C=O) groups excluding carboxylic acids is 1. The molecule has 35 heavy (non-hydrogen) atoms. The van der Waals surface area contributed by atoms with Crippen LogP contribution in [-0.2, 0) is 11.3 Å². The predicted molar refractivity (Wildman–Crippen MR) is 141 cm³/mol. The first kappa shape index (κ1) is 26.1. The van der Waals surface area contributed by atoms with Gasteiger partial charge in [0.25, 0.3) is 0 Å². The number of allylic oxidation sites excluding steroid dienone is 3. The van der Waals surface area contributed by atoms with E-state index in [1.54, 1.807) is 26.1 Å². The Bertz CT molecular complexity index is 1070. The second kappa shape index (κ2) is 12.8. The Kier molecular flexibility index (Phi) is 9.57. The standard InChI is InChI=1S/C27H35N5O3/c1-20(28)27(21(2)34)24-17-22(7-6-15-33)25(31(3)19-23-8-4-5-9-30-23)18-26(24)35-16-14-32-12-10-29-11-13-32/h4-9,15,17-18,28-29,34H,10-14,16,19H2,1-3H3/b7-6-,27-21+,28-20?. The van der Waals surface area contributed by atoms with E-state index >= 15 is 0 Å². The number of nitrogens with one attached hydrogen (secondary N) is 2. The van der Waals surface area contributed by atoms with E-state index in [-0.39, 0.29) is 11.5 Å². The zero-order valence-electron chi connectivity index (χ0n) is 20.8. The SMILES string of the molecule is CC(=N)/C(=C(/C)O)c1cc(/C=C\C=O)c(N(C)Cc2ccccn2)cc1OCCN1CCNCC1. The molecule has 8 nitrogen and oxygen atoms in total. The Morgan fingerprint density at radius 1 is 1.29 bits per heavy atom. The summed E-state index contributed by atoms with van der Waals surface area (Å²) >= 11 is 0. The van der Waals surface area contributed by atoms with Crippen molar-refractivity contribution in [1.82, 2.24) is 15.2 Å². The van der Waals surface area contributed by atoms with Crippen LogP contribution in [0.3, 0.4) is 0 Å². The minimum absolute atomic E-state index is 0.0457. The normalized spacial score (nSPS) is 15.1. The molecule has 1 fully saturated rings. The highest BCUT2D eigenvalue weighted by atomic mass is 16.5. The highest BCUT2D eigenvalue weighted by Gasteiger charge is 2.20. The van der Waals surface area contributed by atoms with Crippen molar-refractivity contribution in [3.8, 4) is 5.75 Å². The van der Waals surface area contributed by atoms with Crippen LogP contribution in [0.1, 0.15) is 30.7 Å². The van der Waals surface area contributed by atoms with Crippen LogP contribution in [0.5, 0.6) is 5.75 Å². The number of aliphatic hydroxyl groups is 1. The van der Waals surface area contributed by atoms with Crippen molar-refractivity contribution in [2.75, 3.05) is 51.3 Å². The number of piperazine rings is 1. The highest BCUT2D eigenvalue weighted by Crippen LogP contribution is 2.36. The summed E-state index contributed by atoms with van der Waals surface area (Å²) in [5, 5.41) is 22.0. The number of carbonyl (C=O) groups is 1. The molecule has 0 spiro atoms. The van der Waals surface area contributed by atoms with Crippen molar-refractivity contribution in [3.63, 3.8) is 0 Å². The molecule has 0 bridgehead atoms. The molecule has 0 atom stereocenters. The number of benzene rings is 1. The Morgan fingerprint density at radius 3 is 2.69 bits per heavy atom. The summed E-state index contributed by atoms with van der Waals surface area (Å²) in [4.78, 5) is 19.9. The summed E-state index contributed by atoms with van der Waals surface area (Å²) in [5.74, 6) is 0.630. The van der Waals surface area contributed by atoms with Crippen molar-refractivity contribution >= 4 is 29.3 Å². The van der Waals surface area contributed by atoms with Gasteiger partial charge in [-0.1, -0.05) is 6.07 Å². The van der Waals surface area contributed by atoms with Crippen molar-refractivity contribution in [2.45, 2.75) is 20.4 Å². The van der Waals surface area contributed by atoms with Gasteiger partial charge in [0.1, 0.15) is 18.6 Å². The van der Waals surface area contributed by atoms with E-state index in [4.69, 9.17) is 10.1 Å². The molecule has 0 saturated carbocycles. The monoisotopic (exact) mass is 477 g/mol. The number of aliphatic hydroxyl groups excluding tert-OH is 1. The third kappa shape index (κ3) is 7.24. The summed E-state index contributed by atoms with van der Waals surface area (Å²) < 4.78 is 6.28. The lowest BCUT2D eigenvalue weighted by Crippen LogP contribution is -2.44. The summed E-state index contributed by atoms with van der Waals surface area (Å²) in [7, 11) is 1.96. The van der Waals surface area contributed by atoms with Crippen LogP contribution in [0, 0.1) is 5.41 Å². The number of pyridine rings is 1. The van der Waals surface area contributed by atoms with Gasteiger partial charge in [0.05, 0.1) is 18.0 Å². The number of rotatable bonds is 11. The van der Waals surface area contributed by atoms with Gasteiger partial charge in [0, 0.05) is 74.6 Å². The van der Waals surface area contributed by atoms with Crippen LogP contribution in [0.25, 0.3) is 11.6 Å². The Morgan fingerprint density at radius 2 is 2.06 bits per heavy atom. The lowest BCUT2D eigenvalue weighted by molar-refractivity contribution is -0.104. The number of ether oxygens (including phenoxy) is 1. The average Bonchev–Trinajstić information content (AvgIpc) is 2.84. The number of aromatic nitrogens is 1. The molecule has 186 valence electrons. The topological polar surface area (TPSA) is 102 Å². The first-order chi connectivity index (χ1) is 16.9. The van der Waals surface area contributed by atoms with Gasteiger partial charge in [-0.25, -0.2) is 0 Å². The number of anilines is 1. The zero-order valence-corrected chi connectivity index (χ0v) is 20.8. The van der Waals surface area contributed by atoms with Crippen LogP contribution in [0.15, 0.2) is 48.4 Å². The molecule has 3 N–H and O–H groups in total. The molecule has 3 rings (SSSR count). The molecule has 0 radical (unpaired) electrons. The predicted octanol–water partition coefficient (Wildman–Crippen LogP) is 3.54. The molecule has 8 heteroatoms. The minimum atomic E-state index is 0.0457. The second-order valence-corrected chi connectivity index (χ2v) is 8.61. The fourth-order valence-corrected chi connectivity index (χ4v) is 4.22. The van der Waals surface area contributed by atoms with Gasteiger partial charge in [0.15, 0.2) is 0 Å². The Hall–Kier alpha value is -3.49. The van der Waals surface area contributed by atoms with Gasteiger partial charge in [0.2, 0.25) is 0 Å². The van der Waals surface area contributed by atoms with Gasteiger partial charge >= 0.3 is 0 Å². The van der Waals surface area contributed by atoms with Crippen molar-refractivity contribution in [1.29, 1.82) is 5.41 Å². The van der Waals surface area contributed by atoms with E-state index in [1.165, 1.54) is 6.08 Å². The second-order valence-electron chi connectivity index (χ2n) is 8.61. The lowest BCUT2D eigenvalue weighted by atomic mass is 9.96. The third-order valence-electron chi connectivity index (χ3n) is 5.90. The molecule has 0 unspecified atom stereocenters. The van der Waals surface area contributed by atoms with E-state index in [1.807, 2.05) is 42.3 Å². The van der Waals surface area contributed by atoms with E-state index in [0.29, 0.717) is 30.0 Å². The molecule has 1 aliphatic heterocycles. The molecule has 0 aliphatic carbocycles. The maximum Gasteiger partial charge on any atom is 0.142 e. The van der Waals surface area contributed by atoms with Gasteiger partial charge in [-0.15, -0.1) is 0 Å². The van der Waals surface area contributed by atoms with E-state index < -0.39 is 0 Å². The fraction of sp³-hybridized carbons (Fsp3) is 0.370. The van der Waals surface area contributed by atoms with E-state index in [9.17, 15) is 9.90 Å². The number of hydrogen-bond acceptors (Lipinski definition) is 8. The van der Waals surface area contributed by atoms with Crippen LogP contribution >= 0.6 is 0 Å². The summed E-state index contributed by atoms with van der Waals surface area (Å²) in [6, 6.07) is 9.59.